The lowest BCUT2D eigenvalue weighted by atomic mass is 9.99. The minimum Gasteiger partial charge on any atom is -0.487 e. The van der Waals surface area contributed by atoms with Gasteiger partial charge in [0, 0.05) is 12.0 Å². The minimum atomic E-state index is -0.256. The van der Waals surface area contributed by atoms with Crippen molar-refractivity contribution in [2.24, 2.45) is 0 Å². The quantitative estimate of drug-likeness (QED) is 0.730. The summed E-state index contributed by atoms with van der Waals surface area (Å²) in [4.78, 5) is 0. The number of hydrogen-bond acceptors (Lipinski definition) is 1. The molecule has 0 aromatic heterocycles. The highest BCUT2D eigenvalue weighted by molar-refractivity contribution is 5.67. The molecule has 2 aromatic carbocycles. The smallest absolute Gasteiger partial charge is 0.165 e. The summed E-state index contributed by atoms with van der Waals surface area (Å²) in [7, 11) is 0. The minimum absolute atomic E-state index is 0.0715. The van der Waals surface area contributed by atoms with Crippen LogP contribution in [0.3, 0.4) is 0 Å². The second-order valence-corrected chi connectivity index (χ2v) is 4.95. The number of rotatable bonds is 1. The molecule has 0 saturated heterocycles. The maximum atomic E-state index is 14.0. The van der Waals surface area contributed by atoms with Gasteiger partial charge in [-0.05, 0) is 37.1 Å². The lowest BCUT2D eigenvalue weighted by Gasteiger charge is -2.07. The predicted octanol–water partition coefficient (Wildman–Crippen LogP) is 4.12. The largest absolute Gasteiger partial charge is 0.487 e. The monoisotopic (exact) mass is 242 g/mol. The first-order chi connectivity index (χ1) is 8.63. The summed E-state index contributed by atoms with van der Waals surface area (Å²) < 4.78 is 19.5. The van der Waals surface area contributed by atoms with E-state index in [4.69, 9.17) is 4.74 Å². The standard InChI is InChI=1S/C16H15FO/c1-10-4-3-5-12(6-10)13-8-14-7-11(2)18-16(14)15(17)9-13/h3-6,8-9,11H,7H2,1-2H3. The van der Waals surface area contributed by atoms with E-state index in [9.17, 15) is 4.39 Å². The molecular formula is C16H15FO. The van der Waals surface area contributed by atoms with Crippen LogP contribution in [0.1, 0.15) is 18.1 Å². The zero-order valence-electron chi connectivity index (χ0n) is 10.5. The first-order valence-electron chi connectivity index (χ1n) is 6.19. The van der Waals surface area contributed by atoms with E-state index in [1.165, 1.54) is 5.56 Å². The Kier molecular flexibility index (Phi) is 2.58. The molecule has 92 valence electrons. The zero-order chi connectivity index (χ0) is 12.7. The maximum Gasteiger partial charge on any atom is 0.165 e. The molecule has 3 rings (SSSR count). The summed E-state index contributed by atoms with van der Waals surface area (Å²) >= 11 is 0. The van der Waals surface area contributed by atoms with Crippen molar-refractivity contribution in [1.82, 2.24) is 0 Å². The van der Waals surface area contributed by atoms with E-state index in [0.717, 1.165) is 23.1 Å². The Hall–Kier alpha value is -1.83. The lowest BCUT2D eigenvalue weighted by molar-refractivity contribution is 0.245. The van der Waals surface area contributed by atoms with Gasteiger partial charge in [-0.3, -0.25) is 0 Å². The molecule has 0 aliphatic carbocycles. The fourth-order valence-corrected chi connectivity index (χ4v) is 2.48. The van der Waals surface area contributed by atoms with E-state index in [-0.39, 0.29) is 11.9 Å². The molecule has 18 heavy (non-hydrogen) atoms. The predicted molar refractivity (Wildman–Crippen MR) is 70.4 cm³/mol. The van der Waals surface area contributed by atoms with E-state index in [1.807, 2.05) is 38.1 Å². The molecule has 0 amide bonds. The topological polar surface area (TPSA) is 9.23 Å². The fourth-order valence-electron chi connectivity index (χ4n) is 2.48. The van der Waals surface area contributed by atoms with Crippen LogP contribution in [0.4, 0.5) is 4.39 Å². The Morgan fingerprint density at radius 1 is 1.17 bits per heavy atom. The van der Waals surface area contributed by atoms with Crippen LogP contribution < -0.4 is 4.74 Å². The third-order valence-corrected chi connectivity index (χ3v) is 3.30. The molecule has 1 aliphatic heterocycles. The second-order valence-electron chi connectivity index (χ2n) is 4.95. The van der Waals surface area contributed by atoms with Crippen molar-refractivity contribution in [3.05, 3.63) is 53.3 Å². The third-order valence-electron chi connectivity index (χ3n) is 3.30. The maximum absolute atomic E-state index is 14.0. The number of halogens is 1. The molecule has 1 unspecified atom stereocenters. The van der Waals surface area contributed by atoms with Crippen molar-refractivity contribution >= 4 is 0 Å². The van der Waals surface area contributed by atoms with Gasteiger partial charge >= 0.3 is 0 Å². The summed E-state index contributed by atoms with van der Waals surface area (Å²) in [6.07, 6.45) is 0.855. The van der Waals surface area contributed by atoms with Crippen LogP contribution >= 0.6 is 0 Å². The van der Waals surface area contributed by atoms with Crippen LogP contribution in [0.2, 0.25) is 0 Å². The van der Waals surface area contributed by atoms with Crippen LogP contribution in [-0.4, -0.2) is 6.10 Å². The molecule has 1 atom stereocenters. The van der Waals surface area contributed by atoms with E-state index >= 15 is 0 Å². The highest BCUT2D eigenvalue weighted by atomic mass is 19.1. The highest BCUT2D eigenvalue weighted by Gasteiger charge is 2.23. The Balaban J connectivity index is 2.10. The van der Waals surface area contributed by atoms with Crippen molar-refractivity contribution < 1.29 is 9.13 Å². The van der Waals surface area contributed by atoms with Crippen molar-refractivity contribution in [1.29, 1.82) is 0 Å². The first-order valence-corrected chi connectivity index (χ1v) is 6.19. The van der Waals surface area contributed by atoms with Gasteiger partial charge in [0.15, 0.2) is 11.6 Å². The first kappa shape index (κ1) is 11.3. The van der Waals surface area contributed by atoms with Gasteiger partial charge in [-0.15, -0.1) is 0 Å². The normalized spacial score (nSPS) is 17.4. The molecule has 0 N–H and O–H groups in total. The molecule has 0 spiro atoms. The van der Waals surface area contributed by atoms with E-state index in [2.05, 4.69) is 6.07 Å². The van der Waals surface area contributed by atoms with Crippen LogP contribution in [0.25, 0.3) is 11.1 Å². The van der Waals surface area contributed by atoms with Gasteiger partial charge < -0.3 is 4.74 Å². The average molecular weight is 242 g/mol. The van der Waals surface area contributed by atoms with Crippen LogP contribution in [0, 0.1) is 12.7 Å². The number of hydrogen-bond donors (Lipinski definition) is 0. The molecule has 0 radical (unpaired) electrons. The molecule has 1 aliphatic rings. The van der Waals surface area contributed by atoms with Gasteiger partial charge in [0.2, 0.25) is 0 Å². The molecule has 1 heterocycles. The number of fused-ring (bicyclic) bond motifs is 1. The Bertz CT molecular complexity index is 604. The molecule has 0 fully saturated rings. The van der Waals surface area contributed by atoms with Crippen molar-refractivity contribution in [3.63, 3.8) is 0 Å². The summed E-state index contributed by atoms with van der Waals surface area (Å²) in [6, 6.07) is 11.7. The van der Waals surface area contributed by atoms with Gasteiger partial charge in [-0.2, -0.15) is 0 Å². The Labute approximate surface area is 106 Å². The summed E-state index contributed by atoms with van der Waals surface area (Å²) in [6.45, 7) is 4.00. The van der Waals surface area contributed by atoms with Crippen LogP contribution in [0.5, 0.6) is 5.75 Å². The second kappa shape index (κ2) is 4.13. The molecule has 0 saturated carbocycles. The lowest BCUT2D eigenvalue weighted by Crippen LogP contribution is -2.05. The van der Waals surface area contributed by atoms with Crippen LogP contribution in [0.15, 0.2) is 36.4 Å². The Morgan fingerprint density at radius 3 is 2.78 bits per heavy atom. The number of benzene rings is 2. The average Bonchev–Trinajstić information content (AvgIpc) is 2.70. The number of ether oxygens (including phenoxy) is 1. The van der Waals surface area contributed by atoms with Gasteiger partial charge in [-0.25, -0.2) is 4.39 Å². The third kappa shape index (κ3) is 1.88. The van der Waals surface area contributed by atoms with Crippen molar-refractivity contribution in [3.8, 4) is 16.9 Å². The Morgan fingerprint density at radius 2 is 2.00 bits per heavy atom. The fraction of sp³-hybridized carbons (Fsp3) is 0.250. The molecule has 1 nitrogen and oxygen atoms in total. The van der Waals surface area contributed by atoms with Gasteiger partial charge in [0.25, 0.3) is 0 Å². The van der Waals surface area contributed by atoms with Crippen molar-refractivity contribution in [2.45, 2.75) is 26.4 Å². The summed E-state index contributed by atoms with van der Waals surface area (Å²) in [5.41, 5.74) is 4.13. The summed E-state index contributed by atoms with van der Waals surface area (Å²) in [5.74, 6) is 0.173. The highest BCUT2D eigenvalue weighted by Crippen LogP contribution is 2.35. The van der Waals surface area contributed by atoms with Crippen LogP contribution in [-0.2, 0) is 6.42 Å². The van der Waals surface area contributed by atoms with Gasteiger partial charge in [-0.1, -0.05) is 29.8 Å². The molecule has 2 heteroatoms. The molecule has 0 bridgehead atoms. The van der Waals surface area contributed by atoms with Gasteiger partial charge in [0.1, 0.15) is 6.10 Å². The SMILES string of the molecule is Cc1cccc(-c2cc(F)c3c(c2)CC(C)O3)c1. The van der Waals surface area contributed by atoms with Gasteiger partial charge in [0.05, 0.1) is 0 Å². The summed E-state index contributed by atoms with van der Waals surface area (Å²) in [5, 5.41) is 0. The van der Waals surface area contributed by atoms with E-state index in [1.54, 1.807) is 6.07 Å². The molecular weight excluding hydrogens is 227 g/mol. The molecule has 2 aromatic rings. The zero-order valence-corrected chi connectivity index (χ0v) is 10.5. The van der Waals surface area contributed by atoms with E-state index < -0.39 is 0 Å². The van der Waals surface area contributed by atoms with Crippen molar-refractivity contribution in [2.75, 3.05) is 0 Å². The van der Waals surface area contributed by atoms with E-state index in [0.29, 0.717) is 5.75 Å². The number of aryl methyl sites for hydroxylation is 1.